The average molecular weight is 310 g/mol. The van der Waals surface area contributed by atoms with E-state index >= 15 is 0 Å². The summed E-state index contributed by atoms with van der Waals surface area (Å²) in [6.07, 6.45) is 1.46. The molecule has 3 aromatic rings. The number of nitrogens with two attached hydrogens (primary N) is 2. The van der Waals surface area contributed by atoms with Crippen LogP contribution >= 0.6 is 0 Å². The molecule has 1 aromatic carbocycles. The fraction of sp³-hybridized carbons (Fsp3) is 0.188. The fourth-order valence-electron chi connectivity index (χ4n) is 2.47. The van der Waals surface area contributed by atoms with Gasteiger partial charge in [-0.25, -0.2) is 4.98 Å². The topological polar surface area (TPSA) is 111 Å². The first-order valence-electron chi connectivity index (χ1n) is 7.27. The van der Waals surface area contributed by atoms with Crippen LogP contribution in [0.1, 0.15) is 27.7 Å². The molecular weight excluding hydrogens is 292 g/mol. The monoisotopic (exact) mass is 310 g/mol. The highest BCUT2D eigenvalue weighted by molar-refractivity contribution is 6.00. The molecule has 0 aliphatic heterocycles. The van der Waals surface area contributed by atoms with E-state index in [9.17, 15) is 4.79 Å². The van der Waals surface area contributed by atoms with E-state index < -0.39 is 0 Å². The van der Waals surface area contributed by atoms with E-state index in [2.05, 4.69) is 15.4 Å². The molecule has 0 bridgehead atoms. The minimum absolute atomic E-state index is 0.277. The summed E-state index contributed by atoms with van der Waals surface area (Å²) in [4.78, 5) is 16.9. The number of nitrogens with zero attached hydrogens (tertiary/aromatic N) is 3. The van der Waals surface area contributed by atoms with Gasteiger partial charge in [0, 0.05) is 18.3 Å². The predicted octanol–water partition coefficient (Wildman–Crippen LogP) is 1.05. The van der Waals surface area contributed by atoms with Gasteiger partial charge in [-0.2, -0.15) is 9.61 Å². The lowest BCUT2D eigenvalue weighted by molar-refractivity contribution is 0.0939. The fourth-order valence-corrected chi connectivity index (χ4v) is 2.47. The van der Waals surface area contributed by atoms with Crippen molar-refractivity contribution in [3.63, 3.8) is 0 Å². The molecule has 0 unspecified atom stereocenters. The Kier molecular flexibility index (Phi) is 3.94. The number of nitrogens with one attached hydrogen (secondary N) is 1. The molecule has 0 radical (unpaired) electrons. The zero-order chi connectivity index (χ0) is 16.4. The molecule has 23 heavy (non-hydrogen) atoms. The number of aromatic nitrogens is 3. The van der Waals surface area contributed by atoms with Crippen LogP contribution in [-0.4, -0.2) is 27.0 Å². The zero-order valence-electron chi connectivity index (χ0n) is 12.7. The summed E-state index contributed by atoms with van der Waals surface area (Å²) in [6, 6.07) is 11.0. The molecule has 118 valence electrons. The molecule has 3 rings (SSSR count). The number of rotatable bonds is 4. The van der Waals surface area contributed by atoms with Gasteiger partial charge in [0.15, 0.2) is 5.65 Å². The standard InChI is InChI=1S/C16H18N6O/c1-10-7-14(18)22-15(20-10)12(9-19-22)16(23)21-13(8-17)11-5-3-2-4-6-11/h2-7,9,13H,8,17-18H2,1H3,(H,21,23)/t13-/m1/s1. The number of carbonyl (C=O) groups excluding carboxylic acids is 1. The molecule has 2 heterocycles. The predicted molar refractivity (Wildman–Crippen MR) is 87.8 cm³/mol. The first kappa shape index (κ1) is 15.0. The second-order valence-corrected chi connectivity index (χ2v) is 5.29. The number of fused-ring (bicyclic) bond motifs is 1. The van der Waals surface area contributed by atoms with Gasteiger partial charge < -0.3 is 16.8 Å². The molecule has 1 amide bonds. The van der Waals surface area contributed by atoms with E-state index in [1.54, 1.807) is 6.07 Å². The van der Waals surface area contributed by atoms with E-state index in [-0.39, 0.29) is 11.9 Å². The molecule has 0 spiro atoms. The van der Waals surface area contributed by atoms with Crippen molar-refractivity contribution in [1.82, 2.24) is 19.9 Å². The van der Waals surface area contributed by atoms with E-state index in [0.717, 1.165) is 11.3 Å². The minimum atomic E-state index is -0.281. The first-order valence-corrected chi connectivity index (χ1v) is 7.27. The van der Waals surface area contributed by atoms with Crippen molar-refractivity contribution < 1.29 is 4.79 Å². The average Bonchev–Trinajstić information content (AvgIpc) is 2.97. The Labute approximate surface area is 133 Å². The van der Waals surface area contributed by atoms with Crippen molar-refractivity contribution in [2.75, 3.05) is 12.3 Å². The van der Waals surface area contributed by atoms with Gasteiger partial charge in [0.25, 0.3) is 5.91 Å². The lowest BCUT2D eigenvalue weighted by atomic mass is 10.1. The lowest BCUT2D eigenvalue weighted by Gasteiger charge is -2.16. The van der Waals surface area contributed by atoms with Gasteiger partial charge in [-0.05, 0) is 12.5 Å². The van der Waals surface area contributed by atoms with Gasteiger partial charge in [-0.3, -0.25) is 4.79 Å². The lowest BCUT2D eigenvalue weighted by Crippen LogP contribution is -2.33. The molecule has 0 aliphatic rings. The van der Waals surface area contributed by atoms with Crippen LogP contribution in [0.2, 0.25) is 0 Å². The minimum Gasteiger partial charge on any atom is -0.384 e. The molecule has 7 nitrogen and oxygen atoms in total. The molecule has 0 saturated carbocycles. The maximum atomic E-state index is 12.6. The zero-order valence-corrected chi connectivity index (χ0v) is 12.7. The van der Waals surface area contributed by atoms with Crippen LogP contribution in [0.4, 0.5) is 5.82 Å². The highest BCUT2D eigenvalue weighted by atomic mass is 16.1. The maximum absolute atomic E-state index is 12.6. The highest BCUT2D eigenvalue weighted by Gasteiger charge is 2.19. The van der Waals surface area contributed by atoms with Crippen molar-refractivity contribution >= 4 is 17.4 Å². The summed E-state index contributed by atoms with van der Waals surface area (Å²) in [5, 5.41) is 7.04. The van der Waals surface area contributed by atoms with Crippen molar-refractivity contribution in [2.45, 2.75) is 13.0 Å². The van der Waals surface area contributed by atoms with E-state index in [0.29, 0.717) is 23.6 Å². The Balaban J connectivity index is 1.92. The summed E-state index contributed by atoms with van der Waals surface area (Å²) in [6.45, 7) is 2.11. The van der Waals surface area contributed by atoms with Gasteiger partial charge in [0.2, 0.25) is 0 Å². The molecule has 0 fully saturated rings. The van der Waals surface area contributed by atoms with Gasteiger partial charge in [-0.15, -0.1) is 0 Å². The quantitative estimate of drug-likeness (QED) is 0.667. The van der Waals surface area contributed by atoms with Crippen LogP contribution in [0, 0.1) is 6.92 Å². The molecule has 2 aromatic heterocycles. The summed E-state index contributed by atoms with van der Waals surface area (Å²) >= 11 is 0. The number of carbonyl (C=O) groups is 1. The summed E-state index contributed by atoms with van der Waals surface area (Å²) < 4.78 is 1.45. The number of benzene rings is 1. The Bertz CT molecular complexity index is 842. The number of hydrogen-bond acceptors (Lipinski definition) is 5. The number of nitrogen functional groups attached to an aromatic ring is 1. The number of hydrogen-bond donors (Lipinski definition) is 3. The third kappa shape index (κ3) is 2.86. The summed E-state index contributed by atoms with van der Waals surface area (Å²) in [7, 11) is 0. The maximum Gasteiger partial charge on any atom is 0.257 e. The van der Waals surface area contributed by atoms with Crippen LogP contribution in [0.15, 0.2) is 42.6 Å². The molecule has 5 N–H and O–H groups in total. The van der Waals surface area contributed by atoms with Crippen molar-refractivity contribution in [3.8, 4) is 0 Å². The highest BCUT2D eigenvalue weighted by Crippen LogP contribution is 2.16. The molecule has 0 aliphatic carbocycles. The summed E-state index contributed by atoms with van der Waals surface area (Å²) in [5.41, 5.74) is 14.2. The van der Waals surface area contributed by atoms with Crippen LogP contribution in [0.25, 0.3) is 5.65 Å². The van der Waals surface area contributed by atoms with Gasteiger partial charge in [0.1, 0.15) is 11.4 Å². The number of amides is 1. The third-order valence-corrected chi connectivity index (χ3v) is 3.62. The second kappa shape index (κ2) is 6.05. The van der Waals surface area contributed by atoms with Crippen LogP contribution in [0.5, 0.6) is 0 Å². The SMILES string of the molecule is Cc1cc(N)n2ncc(C(=O)N[C@H](CN)c3ccccc3)c2n1. The number of anilines is 1. The van der Waals surface area contributed by atoms with Crippen LogP contribution < -0.4 is 16.8 Å². The Morgan fingerprint density at radius 3 is 2.78 bits per heavy atom. The number of aryl methyl sites for hydroxylation is 1. The largest absolute Gasteiger partial charge is 0.384 e. The molecule has 1 atom stereocenters. The Hall–Kier alpha value is -2.93. The van der Waals surface area contributed by atoms with E-state index in [1.165, 1.54) is 10.7 Å². The Morgan fingerprint density at radius 2 is 2.09 bits per heavy atom. The van der Waals surface area contributed by atoms with Crippen molar-refractivity contribution in [3.05, 3.63) is 59.4 Å². The smallest absolute Gasteiger partial charge is 0.257 e. The summed E-state index contributed by atoms with van der Waals surface area (Å²) in [5.74, 6) is 0.154. The van der Waals surface area contributed by atoms with Crippen LogP contribution in [0.3, 0.4) is 0 Å². The second-order valence-electron chi connectivity index (χ2n) is 5.29. The Morgan fingerprint density at radius 1 is 1.35 bits per heavy atom. The first-order chi connectivity index (χ1) is 11.1. The van der Waals surface area contributed by atoms with E-state index in [1.807, 2.05) is 37.3 Å². The van der Waals surface area contributed by atoms with Gasteiger partial charge >= 0.3 is 0 Å². The van der Waals surface area contributed by atoms with Gasteiger partial charge in [-0.1, -0.05) is 30.3 Å². The van der Waals surface area contributed by atoms with E-state index in [4.69, 9.17) is 11.5 Å². The molecule has 0 saturated heterocycles. The molecule has 7 heteroatoms. The molecular formula is C16H18N6O. The van der Waals surface area contributed by atoms with Gasteiger partial charge in [0.05, 0.1) is 12.2 Å². The normalized spacial score (nSPS) is 12.3. The van der Waals surface area contributed by atoms with Crippen molar-refractivity contribution in [1.29, 1.82) is 0 Å². The van der Waals surface area contributed by atoms with Crippen LogP contribution in [-0.2, 0) is 0 Å². The van der Waals surface area contributed by atoms with Crippen molar-refractivity contribution in [2.24, 2.45) is 5.73 Å². The third-order valence-electron chi connectivity index (χ3n) is 3.62.